The number of para-hydroxylation sites is 1. The molecule has 0 heterocycles. The van der Waals surface area contributed by atoms with Gasteiger partial charge in [-0.2, -0.15) is 0 Å². The Morgan fingerprint density at radius 3 is 2.73 bits per heavy atom. The number of ether oxygens (including phenoxy) is 1. The molecule has 0 bridgehead atoms. The molecule has 2 N–H and O–H groups in total. The van der Waals surface area contributed by atoms with E-state index in [-0.39, 0.29) is 0 Å². The topological polar surface area (TPSA) is 66.8 Å². The maximum atomic E-state index is 11.2. The van der Waals surface area contributed by atoms with Gasteiger partial charge in [0.05, 0.1) is 6.61 Å². The summed E-state index contributed by atoms with van der Waals surface area (Å²) in [6, 6.07) is 7.08. The van der Waals surface area contributed by atoms with Gasteiger partial charge in [0.2, 0.25) is 0 Å². The zero-order chi connectivity index (χ0) is 11.3. The Kier molecular flexibility index (Phi) is 4.27. The van der Waals surface area contributed by atoms with Gasteiger partial charge in [-0.1, -0.05) is 25.1 Å². The van der Waals surface area contributed by atoms with Crippen LogP contribution >= 0.6 is 0 Å². The summed E-state index contributed by atoms with van der Waals surface area (Å²) in [5.74, 6) is -0.407. The SMILES string of the molecule is CCc1ccccc1OC(=O)C(O)CO. The molecule has 82 valence electrons. The molecular formula is C11H14O4. The third kappa shape index (κ3) is 3.04. The lowest BCUT2D eigenvalue weighted by atomic mass is 10.1. The summed E-state index contributed by atoms with van der Waals surface area (Å²) in [4.78, 5) is 11.2. The number of aryl methyl sites for hydroxylation is 1. The van der Waals surface area contributed by atoms with Crippen LogP contribution in [0.15, 0.2) is 24.3 Å². The normalized spacial score (nSPS) is 12.2. The third-order valence-corrected chi connectivity index (χ3v) is 2.01. The molecule has 4 heteroatoms. The average Bonchev–Trinajstić information content (AvgIpc) is 2.28. The number of aliphatic hydroxyl groups is 2. The number of hydrogen-bond acceptors (Lipinski definition) is 4. The van der Waals surface area contributed by atoms with E-state index in [9.17, 15) is 4.79 Å². The van der Waals surface area contributed by atoms with Crippen LogP contribution in [0.1, 0.15) is 12.5 Å². The van der Waals surface area contributed by atoms with Crippen molar-refractivity contribution in [2.75, 3.05) is 6.61 Å². The zero-order valence-corrected chi connectivity index (χ0v) is 8.51. The van der Waals surface area contributed by atoms with E-state index in [4.69, 9.17) is 14.9 Å². The molecule has 1 aromatic carbocycles. The lowest BCUT2D eigenvalue weighted by Gasteiger charge is -2.10. The molecular weight excluding hydrogens is 196 g/mol. The first-order valence-electron chi connectivity index (χ1n) is 4.77. The maximum absolute atomic E-state index is 11.2. The largest absolute Gasteiger partial charge is 0.424 e. The molecule has 0 aliphatic rings. The average molecular weight is 210 g/mol. The Balaban J connectivity index is 2.76. The van der Waals surface area contributed by atoms with Gasteiger partial charge in [-0.05, 0) is 18.1 Å². The van der Waals surface area contributed by atoms with Crippen molar-refractivity contribution >= 4 is 5.97 Å². The van der Waals surface area contributed by atoms with Crippen LogP contribution in [0.5, 0.6) is 5.75 Å². The highest BCUT2D eigenvalue weighted by atomic mass is 16.6. The monoisotopic (exact) mass is 210 g/mol. The van der Waals surface area contributed by atoms with Crippen molar-refractivity contribution in [2.45, 2.75) is 19.4 Å². The summed E-state index contributed by atoms with van der Waals surface area (Å²) in [7, 11) is 0. The summed E-state index contributed by atoms with van der Waals surface area (Å²) in [6.45, 7) is 1.31. The van der Waals surface area contributed by atoms with Crippen LogP contribution in [-0.4, -0.2) is 28.9 Å². The van der Waals surface area contributed by atoms with Gasteiger partial charge in [0.1, 0.15) is 5.75 Å². The van der Waals surface area contributed by atoms with Crippen LogP contribution < -0.4 is 4.74 Å². The molecule has 0 aliphatic heterocycles. The molecule has 0 saturated carbocycles. The Morgan fingerprint density at radius 2 is 2.13 bits per heavy atom. The van der Waals surface area contributed by atoms with Crippen LogP contribution in [0, 0.1) is 0 Å². The summed E-state index contributed by atoms with van der Waals surface area (Å²) >= 11 is 0. The fourth-order valence-corrected chi connectivity index (χ4v) is 1.15. The van der Waals surface area contributed by atoms with Gasteiger partial charge in [0.15, 0.2) is 6.10 Å². The van der Waals surface area contributed by atoms with Gasteiger partial charge < -0.3 is 14.9 Å². The zero-order valence-electron chi connectivity index (χ0n) is 8.51. The van der Waals surface area contributed by atoms with E-state index in [0.717, 1.165) is 12.0 Å². The Labute approximate surface area is 88.1 Å². The molecule has 15 heavy (non-hydrogen) atoms. The first-order valence-corrected chi connectivity index (χ1v) is 4.77. The minimum atomic E-state index is -1.48. The lowest BCUT2D eigenvalue weighted by molar-refractivity contribution is -0.145. The van der Waals surface area contributed by atoms with Crippen molar-refractivity contribution in [1.29, 1.82) is 0 Å². The molecule has 0 spiro atoms. The van der Waals surface area contributed by atoms with Crippen LogP contribution in [0.2, 0.25) is 0 Å². The molecule has 1 unspecified atom stereocenters. The second-order valence-corrected chi connectivity index (χ2v) is 3.08. The number of carbonyl (C=O) groups is 1. The molecule has 1 aromatic rings. The summed E-state index contributed by atoms with van der Waals surface area (Å²) in [6.07, 6.45) is -0.742. The quantitative estimate of drug-likeness (QED) is 0.561. The summed E-state index contributed by atoms with van der Waals surface area (Å²) in [5.41, 5.74) is 0.885. The molecule has 1 rings (SSSR count). The van der Waals surface area contributed by atoms with Crippen molar-refractivity contribution in [2.24, 2.45) is 0 Å². The van der Waals surface area contributed by atoms with Gasteiger partial charge in [0.25, 0.3) is 0 Å². The van der Waals surface area contributed by atoms with Crippen LogP contribution in [-0.2, 0) is 11.2 Å². The summed E-state index contributed by atoms with van der Waals surface area (Å²) in [5, 5.41) is 17.6. The Hall–Kier alpha value is -1.39. The van der Waals surface area contributed by atoms with Gasteiger partial charge in [-0.15, -0.1) is 0 Å². The van der Waals surface area contributed by atoms with Crippen molar-refractivity contribution in [3.63, 3.8) is 0 Å². The predicted octanol–water partition coefficient (Wildman–Crippen LogP) is 0.508. The fourth-order valence-electron chi connectivity index (χ4n) is 1.15. The minimum Gasteiger partial charge on any atom is -0.424 e. The smallest absolute Gasteiger partial charge is 0.342 e. The van der Waals surface area contributed by atoms with Gasteiger partial charge in [0, 0.05) is 0 Å². The van der Waals surface area contributed by atoms with E-state index >= 15 is 0 Å². The number of hydrogen-bond donors (Lipinski definition) is 2. The standard InChI is InChI=1S/C11H14O4/c1-2-8-5-3-4-6-10(8)15-11(14)9(13)7-12/h3-6,9,12-13H,2,7H2,1H3. The molecule has 4 nitrogen and oxygen atoms in total. The third-order valence-electron chi connectivity index (χ3n) is 2.01. The lowest BCUT2D eigenvalue weighted by Crippen LogP contribution is -2.29. The number of rotatable bonds is 4. The number of esters is 1. The predicted molar refractivity (Wildman–Crippen MR) is 54.5 cm³/mol. The van der Waals surface area contributed by atoms with Gasteiger partial charge in [-0.3, -0.25) is 0 Å². The van der Waals surface area contributed by atoms with Crippen molar-refractivity contribution in [3.8, 4) is 5.75 Å². The van der Waals surface area contributed by atoms with E-state index in [2.05, 4.69) is 0 Å². The number of carbonyl (C=O) groups excluding carboxylic acids is 1. The van der Waals surface area contributed by atoms with Crippen molar-refractivity contribution < 1.29 is 19.7 Å². The van der Waals surface area contributed by atoms with Crippen molar-refractivity contribution in [3.05, 3.63) is 29.8 Å². The molecule has 0 fully saturated rings. The molecule has 0 aromatic heterocycles. The second-order valence-electron chi connectivity index (χ2n) is 3.08. The number of aliphatic hydroxyl groups excluding tert-OH is 2. The van der Waals surface area contributed by atoms with E-state index in [1.54, 1.807) is 12.1 Å². The van der Waals surface area contributed by atoms with E-state index < -0.39 is 18.7 Å². The van der Waals surface area contributed by atoms with E-state index in [1.165, 1.54) is 0 Å². The Bertz CT molecular complexity index is 335. The highest BCUT2D eigenvalue weighted by Gasteiger charge is 2.16. The minimum absolute atomic E-state index is 0.428. The molecule has 1 atom stereocenters. The molecule has 0 amide bonds. The van der Waals surface area contributed by atoms with E-state index in [1.807, 2.05) is 19.1 Å². The van der Waals surface area contributed by atoms with Gasteiger partial charge in [-0.25, -0.2) is 4.79 Å². The molecule has 0 aliphatic carbocycles. The molecule has 0 radical (unpaired) electrons. The highest BCUT2D eigenvalue weighted by Crippen LogP contribution is 2.18. The maximum Gasteiger partial charge on any atom is 0.342 e. The van der Waals surface area contributed by atoms with Crippen LogP contribution in [0.4, 0.5) is 0 Å². The molecule has 0 saturated heterocycles. The fraction of sp³-hybridized carbons (Fsp3) is 0.364. The highest BCUT2D eigenvalue weighted by molar-refractivity contribution is 5.77. The number of benzene rings is 1. The van der Waals surface area contributed by atoms with E-state index in [0.29, 0.717) is 5.75 Å². The van der Waals surface area contributed by atoms with Crippen LogP contribution in [0.3, 0.4) is 0 Å². The van der Waals surface area contributed by atoms with Crippen LogP contribution in [0.25, 0.3) is 0 Å². The summed E-state index contributed by atoms with van der Waals surface area (Å²) < 4.78 is 4.94. The Morgan fingerprint density at radius 1 is 1.47 bits per heavy atom. The van der Waals surface area contributed by atoms with Gasteiger partial charge >= 0.3 is 5.97 Å². The first kappa shape index (κ1) is 11.7. The van der Waals surface area contributed by atoms with Crippen molar-refractivity contribution in [1.82, 2.24) is 0 Å². The second kappa shape index (κ2) is 5.48. The first-order chi connectivity index (χ1) is 7.19.